The van der Waals surface area contributed by atoms with Crippen molar-refractivity contribution in [2.75, 3.05) is 66.1 Å². The lowest BCUT2D eigenvalue weighted by atomic mass is 10.1. The Hall–Kier alpha value is -0.690. The van der Waals surface area contributed by atoms with Crippen LogP contribution < -0.4 is 0 Å². The summed E-state index contributed by atoms with van der Waals surface area (Å²) < 4.78 is 5.07. The number of likely N-dealkylation sites (tertiary alicyclic amines) is 1. The number of amides is 1. The van der Waals surface area contributed by atoms with Gasteiger partial charge in [0.25, 0.3) is 0 Å². The second-order valence-corrected chi connectivity index (χ2v) is 6.45. The molecule has 2 heterocycles. The van der Waals surface area contributed by atoms with Gasteiger partial charge in [0, 0.05) is 46.4 Å². The molecule has 1 amide bonds. The predicted octanol–water partition coefficient (Wildman–Crippen LogP) is 0.0139. The van der Waals surface area contributed by atoms with E-state index in [0.29, 0.717) is 13.1 Å². The highest BCUT2D eigenvalue weighted by atomic mass is 16.5. The molecule has 0 saturated carbocycles. The summed E-state index contributed by atoms with van der Waals surface area (Å²) in [4.78, 5) is 18.9. The molecule has 0 aromatic rings. The maximum atomic E-state index is 12.3. The number of unbranched alkanes of at least 4 members (excludes halogenated alkanes) is 1. The predicted molar refractivity (Wildman–Crippen MR) is 85.8 cm³/mol. The molecule has 1 atom stereocenters. The SMILES string of the molecule is COCCCCN1CCN(C(=O)CN2CCC[C@H](O)C2)CC1. The first-order valence-corrected chi connectivity index (χ1v) is 8.58. The first-order chi connectivity index (χ1) is 10.7. The summed E-state index contributed by atoms with van der Waals surface area (Å²) in [5.41, 5.74) is 0. The highest BCUT2D eigenvalue weighted by Gasteiger charge is 2.24. The Bertz CT molecular complexity index is 333. The van der Waals surface area contributed by atoms with Crippen LogP contribution in [0.4, 0.5) is 0 Å². The van der Waals surface area contributed by atoms with Crippen LogP contribution in [0.15, 0.2) is 0 Å². The lowest BCUT2D eigenvalue weighted by Crippen LogP contribution is -2.52. The number of hydrogen-bond acceptors (Lipinski definition) is 5. The Kier molecular flexibility index (Phi) is 7.59. The molecule has 22 heavy (non-hydrogen) atoms. The van der Waals surface area contributed by atoms with Gasteiger partial charge < -0.3 is 14.7 Å². The molecule has 6 heteroatoms. The molecule has 2 rings (SSSR count). The molecule has 0 aromatic heterocycles. The number of methoxy groups -OCH3 is 1. The van der Waals surface area contributed by atoms with Crippen molar-refractivity contribution in [2.24, 2.45) is 0 Å². The summed E-state index contributed by atoms with van der Waals surface area (Å²) in [6, 6.07) is 0. The molecular formula is C16H31N3O3. The highest BCUT2D eigenvalue weighted by molar-refractivity contribution is 5.78. The van der Waals surface area contributed by atoms with Gasteiger partial charge in [0.15, 0.2) is 0 Å². The first kappa shape index (κ1) is 17.7. The lowest BCUT2D eigenvalue weighted by molar-refractivity contribution is -0.134. The van der Waals surface area contributed by atoms with E-state index in [1.165, 1.54) is 0 Å². The number of carbonyl (C=O) groups excluding carboxylic acids is 1. The van der Waals surface area contributed by atoms with Crippen LogP contribution in [0.5, 0.6) is 0 Å². The van der Waals surface area contributed by atoms with Crippen molar-refractivity contribution < 1.29 is 14.6 Å². The number of piperidine rings is 1. The molecule has 2 fully saturated rings. The van der Waals surface area contributed by atoms with Gasteiger partial charge in [-0.2, -0.15) is 0 Å². The Morgan fingerprint density at radius 3 is 2.59 bits per heavy atom. The van der Waals surface area contributed by atoms with Gasteiger partial charge in [0.2, 0.25) is 5.91 Å². The van der Waals surface area contributed by atoms with Crippen LogP contribution in [-0.4, -0.2) is 97.9 Å². The van der Waals surface area contributed by atoms with Gasteiger partial charge in [-0.05, 0) is 38.8 Å². The minimum absolute atomic E-state index is 0.216. The number of aliphatic hydroxyl groups excluding tert-OH is 1. The van der Waals surface area contributed by atoms with E-state index >= 15 is 0 Å². The van der Waals surface area contributed by atoms with E-state index in [9.17, 15) is 9.90 Å². The number of piperazine rings is 1. The Morgan fingerprint density at radius 1 is 1.14 bits per heavy atom. The van der Waals surface area contributed by atoms with E-state index < -0.39 is 0 Å². The number of carbonyl (C=O) groups is 1. The summed E-state index contributed by atoms with van der Waals surface area (Å²) in [5.74, 6) is 0.216. The van der Waals surface area contributed by atoms with E-state index in [0.717, 1.165) is 71.6 Å². The van der Waals surface area contributed by atoms with Crippen LogP contribution in [0.2, 0.25) is 0 Å². The monoisotopic (exact) mass is 313 g/mol. The topological polar surface area (TPSA) is 56.2 Å². The molecule has 2 saturated heterocycles. The third kappa shape index (κ3) is 5.83. The van der Waals surface area contributed by atoms with Gasteiger partial charge in [-0.1, -0.05) is 0 Å². The Balaban J connectivity index is 1.62. The number of β-amino-alcohol motifs (C(OH)–C–C–N with tert-alkyl or cyclic N) is 1. The molecule has 0 aromatic carbocycles. The fraction of sp³-hybridized carbons (Fsp3) is 0.938. The van der Waals surface area contributed by atoms with Crippen molar-refractivity contribution in [2.45, 2.75) is 31.8 Å². The molecular weight excluding hydrogens is 282 g/mol. The van der Waals surface area contributed by atoms with E-state index in [2.05, 4.69) is 9.80 Å². The molecule has 0 radical (unpaired) electrons. The summed E-state index contributed by atoms with van der Waals surface area (Å²) in [5, 5.41) is 9.68. The minimum Gasteiger partial charge on any atom is -0.392 e. The molecule has 128 valence electrons. The summed E-state index contributed by atoms with van der Waals surface area (Å²) >= 11 is 0. The molecule has 0 bridgehead atoms. The summed E-state index contributed by atoms with van der Waals surface area (Å²) in [6.45, 7) is 7.59. The Morgan fingerprint density at radius 2 is 1.91 bits per heavy atom. The highest BCUT2D eigenvalue weighted by Crippen LogP contribution is 2.11. The standard InChI is InChI=1S/C16H31N3O3/c1-22-12-3-2-6-17-8-10-19(11-9-17)16(21)14-18-7-4-5-15(20)13-18/h15,20H,2-14H2,1H3/t15-/m0/s1. The van der Waals surface area contributed by atoms with Crippen molar-refractivity contribution in [3.8, 4) is 0 Å². The van der Waals surface area contributed by atoms with Gasteiger partial charge in [-0.25, -0.2) is 0 Å². The number of hydrogen-bond donors (Lipinski definition) is 1. The average molecular weight is 313 g/mol. The molecule has 0 aliphatic carbocycles. The van der Waals surface area contributed by atoms with Crippen LogP contribution in [0, 0.1) is 0 Å². The van der Waals surface area contributed by atoms with Crippen LogP contribution in [0.25, 0.3) is 0 Å². The van der Waals surface area contributed by atoms with Gasteiger partial charge in [0.05, 0.1) is 12.6 Å². The molecule has 6 nitrogen and oxygen atoms in total. The molecule has 0 unspecified atom stereocenters. The van der Waals surface area contributed by atoms with Gasteiger partial charge >= 0.3 is 0 Å². The van der Waals surface area contributed by atoms with E-state index in [1.807, 2.05) is 4.90 Å². The second kappa shape index (κ2) is 9.45. The first-order valence-electron chi connectivity index (χ1n) is 8.58. The van der Waals surface area contributed by atoms with Crippen LogP contribution >= 0.6 is 0 Å². The summed E-state index contributed by atoms with van der Waals surface area (Å²) in [6.07, 6.45) is 3.86. The zero-order valence-electron chi connectivity index (χ0n) is 13.9. The number of nitrogens with zero attached hydrogens (tertiary/aromatic N) is 3. The third-order valence-corrected chi connectivity index (χ3v) is 4.64. The quantitative estimate of drug-likeness (QED) is 0.671. The van der Waals surface area contributed by atoms with Crippen molar-refractivity contribution in [1.29, 1.82) is 0 Å². The van der Waals surface area contributed by atoms with Crippen molar-refractivity contribution in [3.05, 3.63) is 0 Å². The lowest BCUT2D eigenvalue weighted by Gasteiger charge is -2.36. The zero-order valence-corrected chi connectivity index (χ0v) is 13.9. The van der Waals surface area contributed by atoms with Crippen LogP contribution in [0.1, 0.15) is 25.7 Å². The van der Waals surface area contributed by atoms with Crippen molar-refractivity contribution in [1.82, 2.24) is 14.7 Å². The number of rotatable bonds is 7. The molecule has 2 aliphatic rings. The third-order valence-electron chi connectivity index (χ3n) is 4.64. The average Bonchev–Trinajstić information content (AvgIpc) is 2.52. The smallest absolute Gasteiger partial charge is 0.236 e. The Labute approximate surface area is 134 Å². The fourth-order valence-corrected chi connectivity index (χ4v) is 3.27. The fourth-order valence-electron chi connectivity index (χ4n) is 3.27. The second-order valence-electron chi connectivity index (χ2n) is 6.45. The van der Waals surface area contributed by atoms with Crippen LogP contribution in [-0.2, 0) is 9.53 Å². The van der Waals surface area contributed by atoms with Gasteiger partial charge in [-0.15, -0.1) is 0 Å². The maximum Gasteiger partial charge on any atom is 0.236 e. The van der Waals surface area contributed by atoms with E-state index in [4.69, 9.17) is 4.74 Å². The van der Waals surface area contributed by atoms with Gasteiger partial charge in [0.1, 0.15) is 0 Å². The van der Waals surface area contributed by atoms with Crippen molar-refractivity contribution >= 4 is 5.91 Å². The molecule has 2 aliphatic heterocycles. The van der Waals surface area contributed by atoms with Gasteiger partial charge in [-0.3, -0.25) is 14.6 Å². The minimum atomic E-state index is -0.259. The van der Waals surface area contributed by atoms with Crippen LogP contribution in [0.3, 0.4) is 0 Å². The zero-order chi connectivity index (χ0) is 15.8. The molecule has 0 spiro atoms. The molecule has 1 N–H and O–H groups in total. The van der Waals surface area contributed by atoms with E-state index in [-0.39, 0.29) is 12.0 Å². The summed E-state index contributed by atoms with van der Waals surface area (Å²) in [7, 11) is 1.74. The normalized spacial score (nSPS) is 24.6. The number of ether oxygens (including phenoxy) is 1. The van der Waals surface area contributed by atoms with E-state index in [1.54, 1.807) is 7.11 Å². The maximum absolute atomic E-state index is 12.3. The number of aliphatic hydroxyl groups is 1. The van der Waals surface area contributed by atoms with Crippen molar-refractivity contribution in [3.63, 3.8) is 0 Å². The largest absolute Gasteiger partial charge is 0.392 e.